The van der Waals surface area contributed by atoms with Crippen LogP contribution >= 0.6 is 0 Å². The van der Waals surface area contributed by atoms with Crippen LogP contribution in [0.15, 0.2) is 30.5 Å². The number of hydrogen-bond donors (Lipinski definition) is 0. The van der Waals surface area contributed by atoms with E-state index >= 15 is 0 Å². The highest BCUT2D eigenvalue weighted by Gasteiger charge is 2.36. The van der Waals surface area contributed by atoms with Gasteiger partial charge >= 0.3 is 0 Å². The molecular weight excluding hydrogens is 270 g/mol. The van der Waals surface area contributed by atoms with Crippen molar-refractivity contribution in [2.45, 2.75) is 13.8 Å². The fourth-order valence-electron chi connectivity index (χ4n) is 2.75. The van der Waals surface area contributed by atoms with E-state index < -0.39 is 11.6 Å². The standard InChI is InChI=1S/C17H17F2N2/c1-11-5-4-6-13(15(11)19)12-7-14(18)16(20-8-12)21-9-17(2,3)10-21/h4-8H,1,9-10H2,2-3H3. The summed E-state index contributed by atoms with van der Waals surface area (Å²) in [6.07, 6.45) is 1.52. The number of anilines is 1. The minimum absolute atomic E-state index is 0.196. The number of nitrogens with zero attached hydrogens (tertiary/aromatic N) is 2. The second kappa shape index (κ2) is 4.79. The molecule has 21 heavy (non-hydrogen) atoms. The Morgan fingerprint density at radius 3 is 2.57 bits per heavy atom. The molecule has 0 bridgehead atoms. The summed E-state index contributed by atoms with van der Waals surface area (Å²) >= 11 is 0. The number of aromatic nitrogens is 1. The zero-order valence-corrected chi connectivity index (χ0v) is 12.2. The molecule has 4 heteroatoms. The van der Waals surface area contributed by atoms with Crippen molar-refractivity contribution in [1.82, 2.24) is 4.98 Å². The summed E-state index contributed by atoms with van der Waals surface area (Å²) in [7, 11) is 0. The van der Waals surface area contributed by atoms with Crippen molar-refractivity contribution < 1.29 is 8.78 Å². The molecule has 2 aromatic rings. The molecule has 1 radical (unpaired) electrons. The first-order valence-corrected chi connectivity index (χ1v) is 6.89. The van der Waals surface area contributed by atoms with Crippen LogP contribution in [0.1, 0.15) is 19.4 Å². The Balaban J connectivity index is 1.93. The second-order valence-electron chi connectivity index (χ2n) is 6.33. The number of hydrogen-bond acceptors (Lipinski definition) is 2. The van der Waals surface area contributed by atoms with Gasteiger partial charge in [0.25, 0.3) is 0 Å². The monoisotopic (exact) mass is 287 g/mol. The van der Waals surface area contributed by atoms with Crippen molar-refractivity contribution in [2.75, 3.05) is 18.0 Å². The van der Waals surface area contributed by atoms with Crippen LogP contribution in [0.4, 0.5) is 14.6 Å². The van der Waals surface area contributed by atoms with Crippen LogP contribution in [0.2, 0.25) is 0 Å². The highest BCUT2D eigenvalue weighted by molar-refractivity contribution is 5.66. The lowest BCUT2D eigenvalue weighted by atomic mass is 9.84. The fraction of sp³-hybridized carbons (Fsp3) is 0.294. The predicted octanol–water partition coefficient (Wildman–Crippen LogP) is 4.06. The van der Waals surface area contributed by atoms with E-state index in [9.17, 15) is 8.78 Å². The normalized spacial score (nSPS) is 16.7. The van der Waals surface area contributed by atoms with Gasteiger partial charge in [0, 0.05) is 30.4 Å². The molecule has 2 nitrogen and oxygen atoms in total. The predicted molar refractivity (Wildman–Crippen MR) is 80.0 cm³/mol. The van der Waals surface area contributed by atoms with E-state index in [1.807, 2.05) is 4.90 Å². The zero-order valence-electron chi connectivity index (χ0n) is 12.2. The van der Waals surface area contributed by atoms with E-state index in [0.29, 0.717) is 22.5 Å². The molecule has 2 heterocycles. The number of halogens is 2. The Morgan fingerprint density at radius 2 is 1.95 bits per heavy atom. The van der Waals surface area contributed by atoms with Crippen LogP contribution in [0, 0.1) is 24.0 Å². The Bertz CT molecular complexity index is 687. The van der Waals surface area contributed by atoms with Crippen molar-refractivity contribution in [2.24, 2.45) is 5.41 Å². The molecule has 3 rings (SSSR count). The maximum atomic E-state index is 14.2. The van der Waals surface area contributed by atoms with Crippen LogP contribution in [0.25, 0.3) is 11.1 Å². The first-order valence-electron chi connectivity index (χ1n) is 6.89. The Labute approximate surface area is 123 Å². The van der Waals surface area contributed by atoms with E-state index in [2.05, 4.69) is 25.8 Å². The largest absolute Gasteiger partial charge is 0.353 e. The van der Waals surface area contributed by atoms with Gasteiger partial charge in [-0.25, -0.2) is 13.8 Å². The smallest absolute Gasteiger partial charge is 0.166 e. The number of pyridine rings is 1. The highest BCUT2D eigenvalue weighted by Crippen LogP contribution is 2.35. The van der Waals surface area contributed by atoms with Gasteiger partial charge in [0.05, 0.1) is 0 Å². The maximum Gasteiger partial charge on any atom is 0.166 e. The molecule has 1 saturated heterocycles. The fourth-order valence-corrected chi connectivity index (χ4v) is 2.75. The molecule has 0 aliphatic carbocycles. The topological polar surface area (TPSA) is 16.1 Å². The van der Waals surface area contributed by atoms with Crippen molar-refractivity contribution in [1.29, 1.82) is 0 Å². The van der Waals surface area contributed by atoms with Gasteiger partial charge < -0.3 is 4.90 Å². The average Bonchev–Trinajstić information content (AvgIpc) is 2.39. The van der Waals surface area contributed by atoms with Gasteiger partial charge in [-0.1, -0.05) is 32.0 Å². The van der Waals surface area contributed by atoms with E-state index in [1.54, 1.807) is 18.2 Å². The summed E-state index contributed by atoms with van der Waals surface area (Å²) in [5.74, 6) is -0.516. The minimum Gasteiger partial charge on any atom is -0.353 e. The third-order valence-electron chi connectivity index (χ3n) is 3.75. The molecular formula is C17H17F2N2. The van der Waals surface area contributed by atoms with Gasteiger partial charge in [-0.05, 0) is 24.0 Å². The lowest BCUT2D eigenvalue weighted by Gasteiger charge is -2.46. The molecule has 0 unspecified atom stereocenters. The van der Waals surface area contributed by atoms with E-state index in [4.69, 9.17) is 0 Å². The molecule has 0 spiro atoms. The van der Waals surface area contributed by atoms with Gasteiger partial charge in [0.15, 0.2) is 11.6 Å². The zero-order chi connectivity index (χ0) is 15.2. The van der Waals surface area contributed by atoms with Crippen molar-refractivity contribution in [3.05, 3.63) is 54.6 Å². The van der Waals surface area contributed by atoms with Crippen LogP contribution < -0.4 is 4.90 Å². The number of rotatable bonds is 2. The minimum atomic E-state index is -0.434. The summed E-state index contributed by atoms with van der Waals surface area (Å²) in [6, 6.07) is 6.22. The van der Waals surface area contributed by atoms with Gasteiger partial charge in [-0.3, -0.25) is 0 Å². The molecule has 0 saturated carbocycles. The molecule has 1 aliphatic rings. The van der Waals surface area contributed by atoms with Gasteiger partial charge in [0.1, 0.15) is 5.82 Å². The summed E-state index contributed by atoms with van der Waals surface area (Å²) in [4.78, 5) is 6.07. The van der Waals surface area contributed by atoms with Crippen molar-refractivity contribution in [3.8, 4) is 11.1 Å². The van der Waals surface area contributed by atoms with E-state index in [-0.39, 0.29) is 5.41 Å². The summed E-state index contributed by atoms with van der Waals surface area (Å²) in [5, 5.41) is 0. The Morgan fingerprint density at radius 1 is 1.24 bits per heavy atom. The molecule has 0 amide bonds. The maximum absolute atomic E-state index is 14.2. The highest BCUT2D eigenvalue weighted by atomic mass is 19.1. The SMILES string of the molecule is [CH2]c1cccc(-c2cnc(N3CC(C)(C)C3)c(F)c2)c1F. The summed E-state index contributed by atoms with van der Waals surface area (Å²) < 4.78 is 28.3. The Hall–Kier alpha value is -1.97. The van der Waals surface area contributed by atoms with Crippen LogP contribution in [0.3, 0.4) is 0 Å². The molecule has 1 fully saturated rings. The van der Waals surface area contributed by atoms with Gasteiger partial charge in [-0.15, -0.1) is 0 Å². The lowest BCUT2D eigenvalue weighted by Crippen LogP contribution is -2.53. The van der Waals surface area contributed by atoms with Crippen molar-refractivity contribution >= 4 is 5.82 Å². The summed E-state index contributed by atoms with van der Waals surface area (Å²) in [6.45, 7) is 9.43. The molecule has 0 N–H and O–H groups in total. The third-order valence-corrected chi connectivity index (χ3v) is 3.75. The average molecular weight is 287 g/mol. The molecule has 0 atom stereocenters. The van der Waals surface area contributed by atoms with E-state index in [0.717, 1.165) is 13.1 Å². The number of benzene rings is 1. The molecule has 1 aromatic heterocycles. The second-order valence-corrected chi connectivity index (χ2v) is 6.33. The summed E-state index contributed by atoms with van der Waals surface area (Å²) in [5.41, 5.74) is 1.24. The van der Waals surface area contributed by atoms with E-state index in [1.165, 1.54) is 12.3 Å². The first kappa shape index (κ1) is 14.0. The molecule has 109 valence electrons. The van der Waals surface area contributed by atoms with Gasteiger partial charge in [0.2, 0.25) is 0 Å². The third kappa shape index (κ3) is 2.50. The first-order chi connectivity index (χ1) is 9.87. The quantitative estimate of drug-likeness (QED) is 0.828. The van der Waals surface area contributed by atoms with Crippen LogP contribution in [0.5, 0.6) is 0 Å². The van der Waals surface area contributed by atoms with Crippen LogP contribution in [-0.2, 0) is 0 Å². The van der Waals surface area contributed by atoms with Crippen molar-refractivity contribution in [3.63, 3.8) is 0 Å². The molecule has 1 aromatic carbocycles. The van der Waals surface area contributed by atoms with Crippen LogP contribution in [-0.4, -0.2) is 18.1 Å². The molecule has 1 aliphatic heterocycles. The Kier molecular flexibility index (Phi) is 3.19. The van der Waals surface area contributed by atoms with Gasteiger partial charge in [-0.2, -0.15) is 0 Å². The lowest BCUT2D eigenvalue weighted by molar-refractivity contribution is 0.272.